The number of rotatable bonds is 6. The Kier molecular flexibility index (Phi) is 5.44. The Balaban J connectivity index is 1.33. The van der Waals surface area contributed by atoms with Crippen molar-refractivity contribution in [2.75, 3.05) is 33.3 Å². The number of nitrogens with one attached hydrogen (secondary N) is 1. The molecule has 0 spiro atoms. The highest BCUT2D eigenvalue weighted by molar-refractivity contribution is 5.80. The lowest BCUT2D eigenvalue weighted by Gasteiger charge is -2.40. The minimum atomic E-state index is 0.150. The van der Waals surface area contributed by atoms with E-state index in [4.69, 9.17) is 4.74 Å². The monoisotopic (exact) mass is 411 g/mol. The zero-order chi connectivity index (χ0) is 20.7. The van der Waals surface area contributed by atoms with E-state index < -0.39 is 0 Å². The van der Waals surface area contributed by atoms with E-state index in [1.165, 1.54) is 12.0 Å². The quantitative estimate of drug-likeness (QED) is 0.781. The highest BCUT2D eigenvalue weighted by Crippen LogP contribution is 2.43. The van der Waals surface area contributed by atoms with Crippen molar-refractivity contribution < 1.29 is 14.3 Å². The highest BCUT2D eigenvalue weighted by atomic mass is 16.5. The molecule has 1 aromatic carbocycles. The van der Waals surface area contributed by atoms with Crippen molar-refractivity contribution in [1.82, 2.24) is 15.1 Å². The second kappa shape index (κ2) is 8.22. The first-order chi connectivity index (χ1) is 14.6. The standard InChI is InChI=1S/C24H33N3O3/c1-30-19-9-5-16(6-10-19)20-14-27(24(29)17-3-2-4-17)22-11-12-26(13-21(20)22)15-23(28)25-18-7-8-18/h5-6,9-10,17-18,20-22H,2-4,7-8,11-15H2,1H3,(H,25,28)/t20-,21-,22-/m0/s1. The SMILES string of the molecule is COc1ccc([C@@H]2CN(C(=O)C3CCC3)[C@H]3CCN(CC(=O)NC4CC4)C[C@@H]23)cc1. The molecule has 30 heavy (non-hydrogen) atoms. The molecular weight excluding hydrogens is 378 g/mol. The van der Waals surface area contributed by atoms with Crippen LogP contribution in [0, 0.1) is 11.8 Å². The van der Waals surface area contributed by atoms with E-state index in [0.717, 1.165) is 57.5 Å². The van der Waals surface area contributed by atoms with Crippen LogP contribution in [-0.2, 0) is 9.59 Å². The molecule has 1 aromatic rings. The number of hydrogen-bond donors (Lipinski definition) is 1. The van der Waals surface area contributed by atoms with Gasteiger partial charge in [-0.15, -0.1) is 0 Å². The highest BCUT2D eigenvalue weighted by Gasteiger charge is 2.48. The van der Waals surface area contributed by atoms with Gasteiger partial charge in [-0.2, -0.15) is 0 Å². The third-order valence-electron chi connectivity index (χ3n) is 7.61. The van der Waals surface area contributed by atoms with Gasteiger partial charge in [0.1, 0.15) is 5.75 Å². The number of hydrogen-bond acceptors (Lipinski definition) is 4. The second-order valence-electron chi connectivity index (χ2n) is 9.59. The van der Waals surface area contributed by atoms with Gasteiger partial charge < -0.3 is 15.0 Å². The zero-order valence-corrected chi connectivity index (χ0v) is 17.9. The maximum absolute atomic E-state index is 13.2. The molecule has 6 heteroatoms. The lowest BCUT2D eigenvalue weighted by atomic mass is 9.81. The maximum Gasteiger partial charge on any atom is 0.234 e. The number of likely N-dealkylation sites (tertiary alicyclic amines) is 2. The molecule has 2 heterocycles. The van der Waals surface area contributed by atoms with Crippen LogP contribution in [0.25, 0.3) is 0 Å². The van der Waals surface area contributed by atoms with E-state index in [1.807, 2.05) is 12.1 Å². The van der Waals surface area contributed by atoms with E-state index >= 15 is 0 Å². The van der Waals surface area contributed by atoms with Crippen molar-refractivity contribution in [3.8, 4) is 5.75 Å². The normalized spacial score (nSPS) is 29.2. The van der Waals surface area contributed by atoms with Crippen LogP contribution in [0.1, 0.15) is 50.0 Å². The predicted octanol–water partition coefficient (Wildman–Crippen LogP) is 2.39. The fraction of sp³-hybridized carbons (Fsp3) is 0.667. The summed E-state index contributed by atoms with van der Waals surface area (Å²) in [4.78, 5) is 30.0. The number of nitrogens with zero attached hydrogens (tertiary/aromatic N) is 2. The summed E-state index contributed by atoms with van der Waals surface area (Å²) in [6, 6.07) is 9.04. The average molecular weight is 412 g/mol. The third kappa shape index (κ3) is 3.94. The predicted molar refractivity (Wildman–Crippen MR) is 114 cm³/mol. The van der Waals surface area contributed by atoms with E-state index in [2.05, 4.69) is 27.2 Å². The first-order valence-electron chi connectivity index (χ1n) is 11.6. The Morgan fingerprint density at radius 2 is 1.83 bits per heavy atom. The van der Waals surface area contributed by atoms with Crippen LogP contribution < -0.4 is 10.1 Å². The van der Waals surface area contributed by atoms with Crippen LogP contribution in [-0.4, -0.2) is 67.0 Å². The summed E-state index contributed by atoms with van der Waals surface area (Å²) in [5.74, 6) is 2.31. The zero-order valence-electron chi connectivity index (χ0n) is 17.9. The molecule has 162 valence electrons. The van der Waals surface area contributed by atoms with E-state index in [0.29, 0.717) is 36.4 Å². The van der Waals surface area contributed by atoms with Crippen LogP contribution in [0.3, 0.4) is 0 Å². The molecular formula is C24H33N3O3. The van der Waals surface area contributed by atoms with E-state index in [-0.39, 0.29) is 11.8 Å². The minimum absolute atomic E-state index is 0.150. The molecule has 2 amide bonds. The Labute approximate surface area is 178 Å². The van der Waals surface area contributed by atoms with Crippen molar-refractivity contribution in [2.24, 2.45) is 11.8 Å². The Bertz CT molecular complexity index is 787. The van der Waals surface area contributed by atoms with Crippen molar-refractivity contribution >= 4 is 11.8 Å². The minimum Gasteiger partial charge on any atom is -0.497 e. The van der Waals surface area contributed by atoms with Crippen LogP contribution >= 0.6 is 0 Å². The largest absolute Gasteiger partial charge is 0.497 e. The topological polar surface area (TPSA) is 61.9 Å². The molecule has 0 radical (unpaired) electrons. The summed E-state index contributed by atoms with van der Waals surface area (Å²) >= 11 is 0. The molecule has 0 aromatic heterocycles. The van der Waals surface area contributed by atoms with E-state index in [1.54, 1.807) is 7.11 Å². The van der Waals surface area contributed by atoms with Crippen molar-refractivity contribution in [1.29, 1.82) is 0 Å². The first-order valence-corrected chi connectivity index (χ1v) is 11.6. The molecule has 4 fully saturated rings. The number of benzene rings is 1. The van der Waals surface area contributed by atoms with Gasteiger partial charge in [0.05, 0.1) is 13.7 Å². The van der Waals surface area contributed by atoms with Crippen LogP contribution in [0.5, 0.6) is 5.75 Å². The van der Waals surface area contributed by atoms with Gasteiger partial charge >= 0.3 is 0 Å². The lowest BCUT2D eigenvalue weighted by molar-refractivity contribution is -0.140. The molecule has 4 aliphatic rings. The van der Waals surface area contributed by atoms with Gasteiger partial charge in [-0.05, 0) is 49.8 Å². The summed E-state index contributed by atoms with van der Waals surface area (Å²) in [7, 11) is 1.69. The average Bonchev–Trinajstić information content (AvgIpc) is 3.44. The van der Waals surface area contributed by atoms with Gasteiger partial charge in [0, 0.05) is 49.5 Å². The number of methoxy groups -OCH3 is 1. The fourth-order valence-corrected chi connectivity index (χ4v) is 5.50. The Hall–Kier alpha value is -2.08. The molecule has 0 bridgehead atoms. The third-order valence-corrected chi connectivity index (χ3v) is 7.61. The van der Waals surface area contributed by atoms with Gasteiger partial charge in [0.2, 0.25) is 11.8 Å². The molecule has 5 rings (SSSR count). The fourth-order valence-electron chi connectivity index (χ4n) is 5.50. The summed E-state index contributed by atoms with van der Waals surface area (Å²) < 4.78 is 5.33. The summed E-state index contributed by atoms with van der Waals surface area (Å²) in [5, 5.41) is 3.11. The Morgan fingerprint density at radius 3 is 2.47 bits per heavy atom. The number of ether oxygens (including phenoxy) is 1. The number of piperidine rings is 1. The van der Waals surface area contributed by atoms with Crippen LogP contribution in [0.4, 0.5) is 0 Å². The summed E-state index contributed by atoms with van der Waals surface area (Å²) in [6.45, 7) is 3.06. The van der Waals surface area contributed by atoms with Gasteiger partial charge in [-0.1, -0.05) is 18.6 Å². The van der Waals surface area contributed by atoms with E-state index in [9.17, 15) is 9.59 Å². The van der Waals surface area contributed by atoms with Gasteiger partial charge in [0.25, 0.3) is 0 Å². The molecule has 6 nitrogen and oxygen atoms in total. The van der Waals surface area contributed by atoms with Crippen LogP contribution in [0.15, 0.2) is 24.3 Å². The van der Waals surface area contributed by atoms with Gasteiger partial charge in [-0.25, -0.2) is 0 Å². The summed E-state index contributed by atoms with van der Waals surface area (Å²) in [6.07, 6.45) is 6.49. The van der Waals surface area contributed by atoms with Gasteiger partial charge in [-0.3, -0.25) is 14.5 Å². The molecule has 2 saturated heterocycles. The van der Waals surface area contributed by atoms with Crippen molar-refractivity contribution in [3.63, 3.8) is 0 Å². The summed E-state index contributed by atoms with van der Waals surface area (Å²) in [5.41, 5.74) is 1.28. The molecule has 0 unspecified atom stereocenters. The molecule has 2 saturated carbocycles. The van der Waals surface area contributed by atoms with Crippen molar-refractivity contribution in [2.45, 2.75) is 56.5 Å². The first kappa shape index (κ1) is 19.9. The number of fused-ring (bicyclic) bond motifs is 1. The van der Waals surface area contributed by atoms with Crippen molar-refractivity contribution in [3.05, 3.63) is 29.8 Å². The van der Waals surface area contributed by atoms with Crippen LogP contribution in [0.2, 0.25) is 0 Å². The van der Waals surface area contributed by atoms with Gasteiger partial charge in [0.15, 0.2) is 0 Å². The number of amides is 2. The number of carbonyl (C=O) groups is 2. The molecule has 2 aliphatic carbocycles. The molecule has 3 atom stereocenters. The smallest absolute Gasteiger partial charge is 0.234 e. The molecule has 2 aliphatic heterocycles. The number of carbonyl (C=O) groups excluding carboxylic acids is 2. The Morgan fingerprint density at radius 1 is 1.07 bits per heavy atom. The molecule has 1 N–H and O–H groups in total. The second-order valence-corrected chi connectivity index (χ2v) is 9.59. The maximum atomic E-state index is 13.2. The lowest BCUT2D eigenvalue weighted by Crippen LogP contribution is -2.51.